The van der Waals surface area contributed by atoms with Gasteiger partial charge >= 0.3 is 0 Å². The van der Waals surface area contributed by atoms with Crippen LogP contribution >= 0.6 is 11.3 Å². The number of fused-ring (bicyclic) bond motifs is 5. The zero-order valence-corrected chi connectivity index (χ0v) is 30.5. The standard InChI is InChI=1S/C46H46N2S/c1-30(2)48(37-26-27-39-38-13-7-9-15-42(38)46(5,6)43(39)28-37)36-24-20-34(21-25-36)33-18-22-35(23-19-33)47-29-41-40-14-8-10-16-44(40)49-45(41)17-11-12-31(3)32(47)4/h8-11,14-28,30H,7,12-13,29H2,1-6H3/b17-11-,32-31-. The molecule has 0 radical (unpaired) electrons. The van der Waals surface area contributed by atoms with Crippen LogP contribution < -0.4 is 9.80 Å². The molecule has 0 fully saturated rings. The molecule has 0 N–H and O–H groups in total. The second kappa shape index (κ2) is 12.4. The quantitative estimate of drug-likeness (QED) is 0.185. The molecule has 246 valence electrons. The first-order valence-corrected chi connectivity index (χ1v) is 18.7. The van der Waals surface area contributed by atoms with Crippen molar-refractivity contribution in [1.82, 2.24) is 0 Å². The van der Waals surface area contributed by atoms with E-state index in [1.165, 1.54) is 76.7 Å². The van der Waals surface area contributed by atoms with Gasteiger partial charge in [0.25, 0.3) is 0 Å². The van der Waals surface area contributed by atoms with Crippen molar-refractivity contribution < 1.29 is 0 Å². The van der Waals surface area contributed by atoms with Gasteiger partial charge in [-0.1, -0.05) is 86.2 Å². The van der Waals surface area contributed by atoms with E-state index in [2.05, 4.69) is 167 Å². The Morgan fingerprint density at radius 1 is 0.796 bits per heavy atom. The van der Waals surface area contributed by atoms with Crippen LogP contribution in [-0.4, -0.2) is 6.04 Å². The van der Waals surface area contributed by atoms with Gasteiger partial charge in [0.2, 0.25) is 0 Å². The summed E-state index contributed by atoms with van der Waals surface area (Å²) in [5, 5.41) is 1.37. The van der Waals surface area contributed by atoms with E-state index in [4.69, 9.17) is 0 Å². The molecule has 0 saturated heterocycles. The molecule has 8 rings (SSSR count). The number of thiophene rings is 1. The van der Waals surface area contributed by atoms with E-state index in [9.17, 15) is 0 Å². The molecule has 0 saturated carbocycles. The van der Waals surface area contributed by atoms with Crippen LogP contribution in [0.4, 0.5) is 17.1 Å². The molecule has 2 nitrogen and oxygen atoms in total. The Balaban J connectivity index is 1.07. The molecular weight excluding hydrogens is 613 g/mol. The molecule has 0 atom stereocenters. The SMILES string of the molecule is C/C1=C(\C)N(c2ccc(-c3ccc(N(c4ccc5c(c4)C(C)(C)C4=C5CCC=C4)C(C)C)cc3)cc2)Cc2c(sc3ccccc23)/C=C\C1. The molecule has 0 bridgehead atoms. The van der Waals surface area contributed by atoms with Crippen LogP contribution in [0, 0.1) is 0 Å². The van der Waals surface area contributed by atoms with Gasteiger partial charge in [-0.2, -0.15) is 0 Å². The molecule has 0 spiro atoms. The summed E-state index contributed by atoms with van der Waals surface area (Å²) in [6.07, 6.45) is 12.6. The van der Waals surface area contributed by atoms with Crippen molar-refractivity contribution in [1.29, 1.82) is 0 Å². The zero-order chi connectivity index (χ0) is 33.9. The summed E-state index contributed by atoms with van der Waals surface area (Å²) < 4.78 is 1.36. The van der Waals surface area contributed by atoms with E-state index in [1.54, 1.807) is 5.57 Å². The minimum Gasteiger partial charge on any atom is -0.341 e. The molecule has 0 unspecified atom stereocenters. The average molecular weight is 659 g/mol. The van der Waals surface area contributed by atoms with Crippen LogP contribution in [0.15, 0.2) is 126 Å². The summed E-state index contributed by atoms with van der Waals surface area (Å²) in [6.45, 7) is 14.8. The Morgan fingerprint density at radius 2 is 1.51 bits per heavy atom. The lowest BCUT2D eigenvalue weighted by molar-refractivity contribution is 0.650. The predicted molar refractivity (Wildman–Crippen MR) is 214 cm³/mol. The molecule has 3 aliphatic rings. The molecule has 3 heteroatoms. The highest BCUT2D eigenvalue weighted by Gasteiger charge is 2.37. The fraction of sp³-hybridized carbons (Fsp3) is 0.261. The van der Waals surface area contributed by atoms with Crippen molar-refractivity contribution in [2.75, 3.05) is 9.80 Å². The first kappa shape index (κ1) is 31.7. The largest absolute Gasteiger partial charge is 0.341 e. The fourth-order valence-corrected chi connectivity index (χ4v) is 9.38. The fourth-order valence-electron chi connectivity index (χ4n) is 8.23. The second-order valence-electron chi connectivity index (χ2n) is 14.7. The number of nitrogens with zero attached hydrogens (tertiary/aromatic N) is 2. The molecule has 1 aliphatic heterocycles. The predicted octanol–water partition coefficient (Wildman–Crippen LogP) is 13.2. The van der Waals surface area contributed by atoms with Gasteiger partial charge in [-0.15, -0.1) is 11.3 Å². The maximum atomic E-state index is 2.51. The smallest absolute Gasteiger partial charge is 0.0498 e. The van der Waals surface area contributed by atoms with E-state index in [0.29, 0.717) is 6.04 Å². The molecule has 0 amide bonds. The minimum atomic E-state index is 0.0335. The Labute approximate surface area is 296 Å². The second-order valence-corrected chi connectivity index (χ2v) is 15.8. The topological polar surface area (TPSA) is 6.48 Å². The maximum Gasteiger partial charge on any atom is 0.0498 e. The number of allylic oxidation sites excluding steroid dienone is 7. The minimum absolute atomic E-state index is 0.0335. The van der Waals surface area contributed by atoms with Gasteiger partial charge < -0.3 is 9.80 Å². The van der Waals surface area contributed by atoms with Crippen LogP contribution in [0.3, 0.4) is 0 Å². The average Bonchev–Trinajstić information content (AvgIpc) is 3.59. The number of anilines is 3. The third-order valence-corrected chi connectivity index (χ3v) is 12.2. The zero-order valence-electron chi connectivity index (χ0n) is 29.7. The van der Waals surface area contributed by atoms with Crippen molar-refractivity contribution >= 4 is 50.1 Å². The van der Waals surface area contributed by atoms with Gasteiger partial charge in [0.05, 0.1) is 0 Å². The number of benzene rings is 4. The van der Waals surface area contributed by atoms with Gasteiger partial charge in [-0.25, -0.2) is 0 Å². The van der Waals surface area contributed by atoms with Crippen LogP contribution in [0.2, 0.25) is 0 Å². The van der Waals surface area contributed by atoms with Gasteiger partial charge in [0, 0.05) is 50.3 Å². The van der Waals surface area contributed by atoms with Gasteiger partial charge in [-0.05, 0) is 140 Å². The summed E-state index contributed by atoms with van der Waals surface area (Å²) in [6, 6.07) is 34.7. The highest BCUT2D eigenvalue weighted by molar-refractivity contribution is 7.20. The van der Waals surface area contributed by atoms with E-state index < -0.39 is 0 Å². The first-order valence-electron chi connectivity index (χ1n) is 17.9. The normalized spacial score (nSPS) is 19.0. The molecule has 2 heterocycles. The summed E-state index contributed by atoms with van der Waals surface area (Å²) >= 11 is 1.90. The summed E-state index contributed by atoms with van der Waals surface area (Å²) in [5.41, 5.74) is 16.3. The Hall–Kier alpha value is -4.60. The number of hydrogen-bond donors (Lipinski definition) is 0. The Bertz CT molecular complexity index is 2180. The lowest BCUT2D eigenvalue weighted by Gasteiger charge is -2.31. The maximum absolute atomic E-state index is 2.51. The van der Waals surface area contributed by atoms with E-state index in [1.807, 2.05) is 11.3 Å². The van der Waals surface area contributed by atoms with E-state index in [0.717, 1.165) is 25.8 Å². The third kappa shape index (κ3) is 5.49. The van der Waals surface area contributed by atoms with Crippen LogP contribution in [-0.2, 0) is 12.0 Å². The summed E-state index contributed by atoms with van der Waals surface area (Å²) in [7, 11) is 0. The monoisotopic (exact) mass is 658 g/mol. The summed E-state index contributed by atoms with van der Waals surface area (Å²) in [5.74, 6) is 0. The number of rotatable bonds is 5. The lowest BCUT2D eigenvalue weighted by atomic mass is 9.80. The van der Waals surface area contributed by atoms with E-state index in [-0.39, 0.29) is 5.41 Å². The highest BCUT2D eigenvalue weighted by atomic mass is 32.1. The van der Waals surface area contributed by atoms with Crippen LogP contribution in [0.25, 0.3) is 32.9 Å². The molecular formula is C46H46N2S. The van der Waals surface area contributed by atoms with Gasteiger partial charge in [0.15, 0.2) is 0 Å². The van der Waals surface area contributed by atoms with Crippen molar-refractivity contribution in [2.24, 2.45) is 0 Å². The first-order chi connectivity index (χ1) is 23.7. The highest BCUT2D eigenvalue weighted by Crippen LogP contribution is 2.51. The van der Waals surface area contributed by atoms with Crippen LogP contribution in [0.5, 0.6) is 0 Å². The Morgan fingerprint density at radius 3 is 2.27 bits per heavy atom. The summed E-state index contributed by atoms with van der Waals surface area (Å²) in [4.78, 5) is 6.36. The van der Waals surface area contributed by atoms with Crippen molar-refractivity contribution in [3.05, 3.63) is 148 Å². The molecule has 4 aromatic carbocycles. The molecule has 2 aliphatic carbocycles. The molecule has 5 aromatic rings. The van der Waals surface area contributed by atoms with Crippen molar-refractivity contribution in [2.45, 2.75) is 78.8 Å². The van der Waals surface area contributed by atoms with E-state index >= 15 is 0 Å². The van der Waals surface area contributed by atoms with Gasteiger partial charge in [-0.3, -0.25) is 0 Å². The van der Waals surface area contributed by atoms with Gasteiger partial charge in [0.1, 0.15) is 0 Å². The van der Waals surface area contributed by atoms with Crippen LogP contribution in [0.1, 0.15) is 82.4 Å². The lowest BCUT2D eigenvalue weighted by Crippen LogP contribution is -2.26. The third-order valence-electron chi connectivity index (χ3n) is 11.1. The van der Waals surface area contributed by atoms with Crippen molar-refractivity contribution in [3.8, 4) is 11.1 Å². The molecule has 49 heavy (non-hydrogen) atoms. The Kier molecular flexibility index (Phi) is 8.00. The number of hydrogen-bond acceptors (Lipinski definition) is 3. The van der Waals surface area contributed by atoms with Crippen molar-refractivity contribution in [3.63, 3.8) is 0 Å². The molecule has 1 aromatic heterocycles.